The number of hydrogen-bond donors (Lipinski definition) is 1. The lowest BCUT2D eigenvalue weighted by atomic mass is 10.2. The number of rotatable bonds is 1. The molecule has 0 atom stereocenters. The van der Waals surface area contributed by atoms with Crippen LogP contribution in [0.25, 0.3) is 33.5 Å². The summed E-state index contributed by atoms with van der Waals surface area (Å²) in [5, 5.41) is 7.49. The van der Waals surface area contributed by atoms with Crippen LogP contribution < -0.4 is 0 Å². The van der Waals surface area contributed by atoms with Gasteiger partial charge in [0.1, 0.15) is 11.5 Å². The first-order valence-corrected chi connectivity index (χ1v) is 7.02. The molecule has 0 saturated heterocycles. The Morgan fingerprint density at radius 3 is 2.62 bits per heavy atom. The van der Waals surface area contributed by atoms with E-state index in [1.54, 1.807) is 17.7 Å². The van der Waals surface area contributed by atoms with Crippen LogP contribution in [-0.2, 0) is 13.2 Å². The first-order valence-electron chi connectivity index (χ1n) is 7.02. The minimum atomic E-state index is -4.43. The van der Waals surface area contributed by atoms with Crippen molar-refractivity contribution in [3.8, 4) is 11.5 Å². The molecule has 0 fully saturated rings. The molecule has 2 heterocycles. The molecule has 2 aromatic carbocycles. The zero-order chi connectivity index (χ0) is 17.1. The van der Waals surface area contributed by atoms with Gasteiger partial charge in [-0.1, -0.05) is 0 Å². The minimum absolute atomic E-state index is 0.223. The Balaban J connectivity index is 1.94. The van der Waals surface area contributed by atoms with Gasteiger partial charge in [0.25, 0.3) is 0 Å². The fourth-order valence-electron chi connectivity index (χ4n) is 2.75. The second-order valence-electron chi connectivity index (χ2n) is 5.46. The number of aromatic nitrogens is 4. The SMILES string of the molecule is Cn1c(-c2n[nH]c3cc(F)ccc23)nc2cc(C(F)(F)F)ccc21. The van der Waals surface area contributed by atoms with Gasteiger partial charge in [0.05, 0.1) is 22.1 Å². The number of nitrogens with one attached hydrogen (secondary N) is 1. The molecule has 0 aliphatic heterocycles. The quantitative estimate of drug-likeness (QED) is 0.528. The molecule has 0 radical (unpaired) electrons. The summed E-state index contributed by atoms with van der Waals surface area (Å²) in [6, 6.07) is 7.56. The molecule has 8 heteroatoms. The van der Waals surface area contributed by atoms with Crippen LogP contribution in [0.3, 0.4) is 0 Å². The number of fused-ring (bicyclic) bond motifs is 2. The first-order chi connectivity index (χ1) is 11.3. The average Bonchev–Trinajstić information content (AvgIpc) is 3.07. The maximum atomic E-state index is 13.3. The number of alkyl halides is 3. The molecule has 0 unspecified atom stereocenters. The van der Waals surface area contributed by atoms with E-state index >= 15 is 0 Å². The summed E-state index contributed by atoms with van der Waals surface area (Å²) < 4.78 is 53.5. The summed E-state index contributed by atoms with van der Waals surface area (Å²) in [7, 11) is 1.70. The van der Waals surface area contributed by atoms with Crippen molar-refractivity contribution in [2.45, 2.75) is 6.18 Å². The predicted molar refractivity (Wildman–Crippen MR) is 80.8 cm³/mol. The van der Waals surface area contributed by atoms with E-state index in [4.69, 9.17) is 0 Å². The third kappa shape index (κ3) is 2.14. The minimum Gasteiger partial charge on any atom is -0.326 e. The zero-order valence-corrected chi connectivity index (χ0v) is 12.3. The van der Waals surface area contributed by atoms with Gasteiger partial charge in [-0.05, 0) is 36.4 Å². The van der Waals surface area contributed by atoms with Crippen molar-refractivity contribution in [3.05, 3.63) is 47.8 Å². The molecule has 2 aromatic heterocycles. The summed E-state index contributed by atoms with van der Waals surface area (Å²) in [6.07, 6.45) is -4.43. The average molecular weight is 334 g/mol. The van der Waals surface area contributed by atoms with Crippen molar-refractivity contribution in [3.63, 3.8) is 0 Å². The Bertz CT molecular complexity index is 1070. The van der Waals surface area contributed by atoms with Gasteiger partial charge in [0.15, 0.2) is 5.82 Å². The highest BCUT2D eigenvalue weighted by molar-refractivity contribution is 5.93. The summed E-state index contributed by atoms with van der Waals surface area (Å²) in [5.74, 6) is -0.000275. The van der Waals surface area contributed by atoms with Crippen LogP contribution in [0.4, 0.5) is 17.6 Å². The lowest BCUT2D eigenvalue weighted by Gasteiger charge is -2.05. The van der Waals surface area contributed by atoms with Crippen molar-refractivity contribution in [1.82, 2.24) is 19.7 Å². The Hall–Kier alpha value is -2.90. The van der Waals surface area contributed by atoms with E-state index in [1.807, 2.05) is 0 Å². The van der Waals surface area contributed by atoms with Crippen LogP contribution in [0.1, 0.15) is 5.56 Å². The van der Waals surface area contributed by atoms with Crippen molar-refractivity contribution < 1.29 is 17.6 Å². The lowest BCUT2D eigenvalue weighted by molar-refractivity contribution is -0.137. The van der Waals surface area contributed by atoms with Gasteiger partial charge in [-0.25, -0.2) is 9.37 Å². The van der Waals surface area contributed by atoms with Gasteiger partial charge in [-0.2, -0.15) is 18.3 Å². The molecule has 0 amide bonds. The Kier molecular flexibility index (Phi) is 2.93. The van der Waals surface area contributed by atoms with Gasteiger partial charge in [0.2, 0.25) is 0 Å². The number of imidazole rings is 1. The summed E-state index contributed by atoms with van der Waals surface area (Å²) in [5.41, 5.74) is 0.968. The molecular weight excluding hydrogens is 324 g/mol. The molecule has 1 N–H and O–H groups in total. The zero-order valence-electron chi connectivity index (χ0n) is 12.3. The fourth-order valence-corrected chi connectivity index (χ4v) is 2.75. The van der Waals surface area contributed by atoms with E-state index in [1.165, 1.54) is 18.2 Å². The lowest BCUT2D eigenvalue weighted by Crippen LogP contribution is -2.04. The third-order valence-electron chi connectivity index (χ3n) is 3.94. The number of nitrogens with zero attached hydrogens (tertiary/aromatic N) is 3. The van der Waals surface area contributed by atoms with Gasteiger partial charge >= 0.3 is 6.18 Å². The smallest absolute Gasteiger partial charge is 0.326 e. The van der Waals surface area contributed by atoms with Crippen LogP contribution in [0.2, 0.25) is 0 Å². The maximum Gasteiger partial charge on any atom is 0.416 e. The van der Waals surface area contributed by atoms with E-state index in [2.05, 4.69) is 15.2 Å². The molecule has 0 aliphatic carbocycles. The Labute approximate surface area is 132 Å². The van der Waals surface area contributed by atoms with Crippen LogP contribution in [0.5, 0.6) is 0 Å². The number of halogens is 4. The predicted octanol–water partition coefficient (Wildman–Crippen LogP) is 4.27. The molecule has 24 heavy (non-hydrogen) atoms. The topological polar surface area (TPSA) is 46.5 Å². The maximum absolute atomic E-state index is 13.3. The van der Waals surface area contributed by atoms with E-state index in [9.17, 15) is 17.6 Å². The number of hydrogen-bond acceptors (Lipinski definition) is 2. The molecule has 4 aromatic rings. The van der Waals surface area contributed by atoms with Gasteiger partial charge < -0.3 is 4.57 Å². The summed E-state index contributed by atoms with van der Waals surface area (Å²) in [4.78, 5) is 4.29. The fraction of sp³-hybridized carbons (Fsp3) is 0.125. The highest BCUT2D eigenvalue weighted by Gasteiger charge is 2.31. The van der Waals surface area contributed by atoms with E-state index in [0.717, 1.165) is 12.1 Å². The Morgan fingerprint density at radius 2 is 1.88 bits per heavy atom. The van der Waals surface area contributed by atoms with Crippen molar-refractivity contribution in [2.24, 2.45) is 7.05 Å². The van der Waals surface area contributed by atoms with E-state index in [0.29, 0.717) is 27.9 Å². The van der Waals surface area contributed by atoms with Crippen LogP contribution in [0, 0.1) is 5.82 Å². The van der Waals surface area contributed by atoms with Gasteiger partial charge in [0, 0.05) is 12.4 Å². The normalized spacial score (nSPS) is 12.4. The molecule has 122 valence electrons. The molecule has 0 spiro atoms. The number of aryl methyl sites for hydroxylation is 1. The number of benzene rings is 2. The largest absolute Gasteiger partial charge is 0.416 e. The second-order valence-corrected chi connectivity index (χ2v) is 5.46. The highest BCUT2D eigenvalue weighted by atomic mass is 19.4. The van der Waals surface area contributed by atoms with E-state index < -0.39 is 17.6 Å². The molecule has 4 rings (SSSR count). The number of aromatic amines is 1. The first kappa shape index (κ1) is 14.7. The van der Waals surface area contributed by atoms with E-state index in [-0.39, 0.29) is 5.52 Å². The van der Waals surface area contributed by atoms with Gasteiger partial charge in [-0.15, -0.1) is 0 Å². The molecule has 0 saturated carbocycles. The molecule has 0 aliphatic rings. The second kappa shape index (κ2) is 4.80. The summed E-state index contributed by atoms with van der Waals surface area (Å²) >= 11 is 0. The summed E-state index contributed by atoms with van der Waals surface area (Å²) in [6.45, 7) is 0. The van der Waals surface area contributed by atoms with Gasteiger partial charge in [-0.3, -0.25) is 5.10 Å². The van der Waals surface area contributed by atoms with Crippen molar-refractivity contribution >= 4 is 21.9 Å². The molecule has 4 nitrogen and oxygen atoms in total. The Morgan fingerprint density at radius 1 is 1.08 bits per heavy atom. The highest BCUT2D eigenvalue weighted by Crippen LogP contribution is 2.33. The molecular formula is C16H10F4N4. The molecule has 0 bridgehead atoms. The third-order valence-corrected chi connectivity index (χ3v) is 3.94. The van der Waals surface area contributed by atoms with Crippen molar-refractivity contribution in [2.75, 3.05) is 0 Å². The standard InChI is InChI=1S/C16H10F4N4/c1-24-13-5-2-8(16(18,19)20)6-12(13)21-15(24)14-10-4-3-9(17)7-11(10)22-23-14/h2-7H,1H3,(H,22,23). The number of H-pyrrole nitrogens is 1. The van der Waals surface area contributed by atoms with Crippen LogP contribution in [0.15, 0.2) is 36.4 Å². The van der Waals surface area contributed by atoms with Crippen LogP contribution >= 0.6 is 0 Å². The van der Waals surface area contributed by atoms with Crippen LogP contribution in [-0.4, -0.2) is 19.7 Å². The monoisotopic (exact) mass is 334 g/mol. The van der Waals surface area contributed by atoms with Crippen molar-refractivity contribution in [1.29, 1.82) is 0 Å².